The monoisotopic (exact) mass is 229 g/mol. The van der Waals surface area contributed by atoms with Crippen molar-refractivity contribution in [2.75, 3.05) is 6.26 Å². The van der Waals surface area contributed by atoms with E-state index in [0.29, 0.717) is 6.42 Å². The van der Waals surface area contributed by atoms with Gasteiger partial charge in [0.1, 0.15) is 0 Å². The smallest absolute Gasteiger partial charge is 0.152 e. The highest BCUT2D eigenvalue weighted by atomic mass is 32.2. The van der Waals surface area contributed by atoms with Crippen molar-refractivity contribution in [2.24, 2.45) is 0 Å². The summed E-state index contributed by atoms with van der Waals surface area (Å²) in [6, 6.07) is 3.52. The van der Waals surface area contributed by atoms with Crippen molar-refractivity contribution >= 4 is 9.84 Å². The summed E-state index contributed by atoms with van der Waals surface area (Å²) in [6.45, 7) is 1.52. The van der Waals surface area contributed by atoms with E-state index in [2.05, 4.69) is 4.98 Å². The summed E-state index contributed by atoms with van der Waals surface area (Å²) in [4.78, 5) is 3.85. The van der Waals surface area contributed by atoms with Crippen LogP contribution in [0.3, 0.4) is 0 Å². The molecule has 0 spiro atoms. The molecular weight excluding hydrogens is 214 g/mol. The molecule has 2 atom stereocenters. The second-order valence-corrected chi connectivity index (χ2v) is 6.06. The number of pyridine rings is 1. The van der Waals surface area contributed by atoms with E-state index in [-0.39, 0.29) is 0 Å². The van der Waals surface area contributed by atoms with Gasteiger partial charge in [-0.1, -0.05) is 0 Å². The molecule has 0 aliphatic carbocycles. The summed E-state index contributed by atoms with van der Waals surface area (Å²) in [5.41, 5.74) is 0.882. The standard InChI is InChI=1S/C10H15NO3S/c1-8(15(2,13)14)10(12)7-9-3-5-11-6-4-9/h3-6,8,10,12H,7H2,1-2H3. The van der Waals surface area contributed by atoms with Gasteiger partial charge in [0.05, 0.1) is 11.4 Å². The molecule has 1 heterocycles. The number of aliphatic hydroxyl groups is 1. The quantitative estimate of drug-likeness (QED) is 0.812. The molecule has 0 bridgehead atoms. The summed E-state index contributed by atoms with van der Waals surface area (Å²) >= 11 is 0. The Bertz CT molecular complexity index is 402. The second-order valence-electron chi connectivity index (χ2n) is 3.66. The van der Waals surface area contributed by atoms with Crippen LogP contribution in [0.1, 0.15) is 12.5 Å². The molecule has 4 nitrogen and oxygen atoms in total. The summed E-state index contributed by atoms with van der Waals surface area (Å²) < 4.78 is 22.4. The Morgan fingerprint density at radius 1 is 1.40 bits per heavy atom. The van der Waals surface area contributed by atoms with Crippen molar-refractivity contribution in [1.29, 1.82) is 0 Å². The Balaban J connectivity index is 2.68. The molecule has 0 aliphatic heterocycles. The van der Waals surface area contributed by atoms with Crippen LogP contribution in [0, 0.1) is 0 Å². The fraction of sp³-hybridized carbons (Fsp3) is 0.500. The van der Waals surface area contributed by atoms with Gasteiger partial charge in [-0.3, -0.25) is 4.98 Å². The van der Waals surface area contributed by atoms with Gasteiger partial charge in [-0.25, -0.2) is 8.42 Å². The molecule has 5 heteroatoms. The number of rotatable bonds is 4. The molecule has 15 heavy (non-hydrogen) atoms. The van der Waals surface area contributed by atoms with Crippen LogP contribution in [0.25, 0.3) is 0 Å². The molecule has 1 aromatic rings. The van der Waals surface area contributed by atoms with E-state index in [1.165, 1.54) is 6.92 Å². The first-order chi connectivity index (χ1) is 6.91. The first-order valence-corrected chi connectivity index (χ1v) is 6.62. The van der Waals surface area contributed by atoms with Crippen LogP contribution < -0.4 is 0 Å². The van der Waals surface area contributed by atoms with E-state index in [1.54, 1.807) is 24.5 Å². The molecule has 0 aromatic carbocycles. The van der Waals surface area contributed by atoms with E-state index in [9.17, 15) is 13.5 Å². The average molecular weight is 229 g/mol. The zero-order valence-corrected chi connectivity index (χ0v) is 9.61. The first-order valence-electron chi connectivity index (χ1n) is 4.67. The lowest BCUT2D eigenvalue weighted by Crippen LogP contribution is -2.32. The van der Waals surface area contributed by atoms with Crippen molar-refractivity contribution < 1.29 is 13.5 Å². The number of nitrogens with zero attached hydrogens (tertiary/aromatic N) is 1. The number of sulfone groups is 1. The Morgan fingerprint density at radius 2 is 1.93 bits per heavy atom. The van der Waals surface area contributed by atoms with Gasteiger partial charge in [0.15, 0.2) is 9.84 Å². The predicted octanol–water partition coefficient (Wildman–Crippen LogP) is 0.418. The topological polar surface area (TPSA) is 67.3 Å². The van der Waals surface area contributed by atoms with Crippen LogP contribution in [-0.4, -0.2) is 36.1 Å². The number of aliphatic hydroxyl groups excluding tert-OH is 1. The Kier molecular flexibility index (Phi) is 3.82. The summed E-state index contributed by atoms with van der Waals surface area (Å²) in [5.74, 6) is 0. The van der Waals surface area contributed by atoms with Crippen LogP contribution in [0.5, 0.6) is 0 Å². The molecule has 1 rings (SSSR count). The van der Waals surface area contributed by atoms with Gasteiger partial charge in [-0.05, 0) is 31.0 Å². The molecule has 1 N–H and O–H groups in total. The van der Waals surface area contributed by atoms with Crippen molar-refractivity contribution in [2.45, 2.75) is 24.7 Å². The van der Waals surface area contributed by atoms with Gasteiger partial charge < -0.3 is 5.11 Å². The fourth-order valence-corrected chi connectivity index (χ4v) is 1.88. The van der Waals surface area contributed by atoms with Crippen molar-refractivity contribution in [3.8, 4) is 0 Å². The van der Waals surface area contributed by atoms with E-state index in [0.717, 1.165) is 11.8 Å². The van der Waals surface area contributed by atoms with Gasteiger partial charge in [-0.2, -0.15) is 0 Å². The van der Waals surface area contributed by atoms with E-state index in [1.807, 2.05) is 0 Å². The maximum atomic E-state index is 11.2. The highest BCUT2D eigenvalue weighted by Crippen LogP contribution is 2.10. The molecular formula is C10H15NO3S. The SMILES string of the molecule is CC(C(O)Cc1ccncc1)S(C)(=O)=O. The lowest BCUT2D eigenvalue weighted by Gasteiger charge is -2.16. The van der Waals surface area contributed by atoms with E-state index in [4.69, 9.17) is 0 Å². The highest BCUT2D eigenvalue weighted by Gasteiger charge is 2.23. The van der Waals surface area contributed by atoms with Crippen molar-refractivity contribution in [1.82, 2.24) is 4.98 Å². The van der Waals surface area contributed by atoms with Gasteiger partial charge in [-0.15, -0.1) is 0 Å². The van der Waals surface area contributed by atoms with Crippen LogP contribution in [0.2, 0.25) is 0 Å². The first kappa shape index (κ1) is 12.1. The highest BCUT2D eigenvalue weighted by molar-refractivity contribution is 7.91. The van der Waals surface area contributed by atoms with Crippen LogP contribution >= 0.6 is 0 Å². The maximum absolute atomic E-state index is 11.2. The molecule has 0 saturated heterocycles. The molecule has 0 radical (unpaired) electrons. The predicted molar refractivity (Wildman–Crippen MR) is 58.3 cm³/mol. The zero-order chi connectivity index (χ0) is 11.5. The molecule has 0 fully saturated rings. The fourth-order valence-electron chi connectivity index (χ4n) is 1.21. The average Bonchev–Trinajstić information content (AvgIpc) is 2.16. The number of hydrogen-bond acceptors (Lipinski definition) is 4. The van der Waals surface area contributed by atoms with Gasteiger partial charge >= 0.3 is 0 Å². The van der Waals surface area contributed by atoms with E-state index >= 15 is 0 Å². The Labute approximate surface area is 89.9 Å². The third kappa shape index (κ3) is 3.60. The van der Waals surface area contributed by atoms with Crippen molar-refractivity contribution in [3.63, 3.8) is 0 Å². The van der Waals surface area contributed by atoms with Crippen molar-refractivity contribution in [3.05, 3.63) is 30.1 Å². The van der Waals surface area contributed by atoms with E-state index < -0.39 is 21.2 Å². The van der Waals surface area contributed by atoms with Crippen LogP contribution in [0.15, 0.2) is 24.5 Å². The van der Waals surface area contributed by atoms with Crippen LogP contribution in [-0.2, 0) is 16.3 Å². The molecule has 0 aliphatic rings. The molecule has 1 aromatic heterocycles. The molecule has 84 valence electrons. The Hall–Kier alpha value is -0.940. The largest absolute Gasteiger partial charge is 0.391 e. The van der Waals surface area contributed by atoms with Gasteiger partial charge in [0.25, 0.3) is 0 Å². The molecule has 0 saturated carbocycles. The summed E-state index contributed by atoms with van der Waals surface area (Å²) in [7, 11) is -3.19. The minimum absolute atomic E-state index is 0.330. The lowest BCUT2D eigenvalue weighted by molar-refractivity contribution is 0.173. The Morgan fingerprint density at radius 3 is 2.40 bits per heavy atom. The third-order valence-electron chi connectivity index (χ3n) is 2.41. The van der Waals surface area contributed by atoms with Crippen LogP contribution in [0.4, 0.5) is 0 Å². The second kappa shape index (κ2) is 4.72. The summed E-state index contributed by atoms with van der Waals surface area (Å²) in [5, 5.41) is 8.96. The van der Waals surface area contributed by atoms with Gasteiger partial charge in [0.2, 0.25) is 0 Å². The lowest BCUT2D eigenvalue weighted by atomic mass is 10.1. The minimum atomic E-state index is -3.19. The maximum Gasteiger partial charge on any atom is 0.152 e. The third-order valence-corrected chi connectivity index (χ3v) is 4.08. The molecule has 0 amide bonds. The number of hydrogen-bond donors (Lipinski definition) is 1. The molecule has 2 unspecified atom stereocenters. The minimum Gasteiger partial charge on any atom is -0.391 e. The van der Waals surface area contributed by atoms with Gasteiger partial charge in [0, 0.05) is 18.6 Å². The normalized spacial score (nSPS) is 15.9. The zero-order valence-electron chi connectivity index (χ0n) is 8.79. The number of aromatic nitrogens is 1. The summed E-state index contributed by atoms with van der Waals surface area (Å²) in [6.07, 6.45) is 3.83.